The van der Waals surface area contributed by atoms with Crippen LogP contribution in [0.4, 0.5) is 4.79 Å². The molecule has 0 aromatic heterocycles. The Kier molecular flexibility index (Phi) is 3.44. The minimum Gasteiger partial charge on any atom is -0.387 e. The van der Waals surface area contributed by atoms with Gasteiger partial charge in [-0.2, -0.15) is 11.8 Å². The average molecular weight is 204 g/mol. The maximum absolute atomic E-state index is 11.1. The molecule has 0 aliphatic carbocycles. The number of amides is 2. The first kappa shape index (κ1) is 10.7. The van der Waals surface area contributed by atoms with Gasteiger partial charge in [0.15, 0.2) is 0 Å². The van der Waals surface area contributed by atoms with Gasteiger partial charge in [0.1, 0.15) is 0 Å². The molecule has 1 rings (SSSR count). The fraction of sp³-hybridized carbons (Fsp3) is 0.875. The maximum atomic E-state index is 11.1. The second-order valence-corrected chi connectivity index (χ2v) is 4.69. The maximum Gasteiger partial charge on any atom is 0.316 e. The van der Waals surface area contributed by atoms with Gasteiger partial charge in [-0.25, -0.2) is 4.79 Å². The lowest BCUT2D eigenvalue weighted by molar-refractivity contribution is 0.0688. The molecule has 4 nitrogen and oxygen atoms in total. The second-order valence-electron chi connectivity index (χ2n) is 3.58. The lowest BCUT2D eigenvalue weighted by Gasteiger charge is -2.22. The van der Waals surface area contributed by atoms with Crippen LogP contribution in [0, 0.1) is 0 Å². The quantitative estimate of drug-likeness (QED) is 0.672. The molecule has 2 N–H and O–H groups in total. The van der Waals surface area contributed by atoms with Crippen LogP contribution in [0.15, 0.2) is 0 Å². The number of aliphatic hydroxyl groups is 1. The van der Waals surface area contributed by atoms with Crippen LogP contribution in [0.2, 0.25) is 0 Å². The Morgan fingerprint density at radius 2 is 2.38 bits per heavy atom. The first-order valence-corrected chi connectivity index (χ1v) is 5.44. The highest BCUT2D eigenvalue weighted by Crippen LogP contribution is 2.26. The molecular weight excluding hydrogens is 188 g/mol. The Morgan fingerprint density at radius 1 is 1.69 bits per heavy atom. The standard InChI is InChI=1S/C8H16N2O2S/c1-10(2)7(11)9-5-8(12)3-4-13-6-8/h12H,3-6H2,1-2H3,(H,9,11). The highest BCUT2D eigenvalue weighted by atomic mass is 32.2. The Bertz CT molecular complexity index is 191. The number of carbonyl (C=O) groups is 1. The third kappa shape index (κ3) is 3.08. The molecule has 2 amide bonds. The summed E-state index contributed by atoms with van der Waals surface area (Å²) in [6.45, 7) is 0.358. The van der Waals surface area contributed by atoms with Crippen LogP contribution in [-0.4, -0.2) is 53.8 Å². The molecule has 13 heavy (non-hydrogen) atoms. The summed E-state index contributed by atoms with van der Waals surface area (Å²) in [7, 11) is 3.37. The summed E-state index contributed by atoms with van der Waals surface area (Å²) in [5.74, 6) is 1.70. The number of urea groups is 1. The molecule has 0 aromatic rings. The van der Waals surface area contributed by atoms with Gasteiger partial charge in [0.2, 0.25) is 0 Å². The van der Waals surface area contributed by atoms with Gasteiger partial charge in [-0.3, -0.25) is 0 Å². The van der Waals surface area contributed by atoms with E-state index in [9.17, 15) is 9.90 Å². The van der Waals surface area contributed by atoms with E-state index in [1.807, 2.05) is 0 Å². The van der Waals surface area contributed by atoms with Gasteiger partial charge in [0.05, 0.1) is 5.60 Å². The molecular formula is C8H16N2O2S. The largest absolute Gasteiger partial charge is 0.387 e. The van der Waals surface area contributed by atoms with E-state index in [1.165, 1.54) is 4.90 Å². The van der Waals surface area contributed by atoms with Crippen LogP contribution in [0.1, 0.15) is 6.42 Å². The zero-order valence-electron chi connectivity index (χ0n) is 8.04. The molecule has 1 aliphatic heterocycles. The number of hydrogen-bond acceptors (Lipinski definition) is 3. The summed E-state index contributed by atoms with van der Waals surface area (Å²) in [5, 5.41) is 12.6. The van der Waals surface area contributed by atoms with E-state index in [0.717, 1.165) is 17.9 Å². The van der Waals surface area contributed by atoms with Crippen LogP contribution in [0.5, 0.6) is 0 Å². The zero-order chi connectivity index (χ0) is 9.90. The van der Waals surface area contributed by atoms with Crippen molar-refractivity contribution in [1.29, 1.82) is 0 Å². The van der Waals surface area contributed by atoms with Crippen molar-refractivity contribution in [3.05, 3.63) is 0 Å². The predicted molar refractivity (Wildman–Crippen MR) is 54.0 cm³/mol. The van der Waals surface area contributed by atoms with Crippen molar-refractivity contribution in [2.75, 3.05) is 32.1 Å². The molecule has 1 atom stereocenters. The molecule has 5 heteroatoms. The Labute approximate surface area is 82.7 Å². The van der Waals surface area contributed by atoms with Crippen molar-refractivity contribution < 1.29 is 9.90 Å². The van der Waals surface area contributed by atoms with E-state index in [2.05, 4.69) is 5.32 Å². The number of nitrogens with zero attached hydrogens (tertiary/aromatic N) is 1. The van der Waals surface area contributed by atoms with E-state index in [4.69, 9.17) is 0 Å². The van der Waals surface area contributed by atoms with Crippen LogP contribution in [0.25, 0.3) is 0 Å². The number of carbonyl (C=O) groups excluding carboxylic acids is 1. The summed E-state index contributed by atoms with van der Waals surface area (Å²) < 4.78 is 0. The van der Waals surface area contributed by atoms with Gasteiger partial charge < -0.3 is 15.3 Å². The highest BCUT2D eigenvalue weighted by Gasteiger charge is 2.31. The molecule has 0 bridgehead atoms. The molecule has 1 heterocycles. The number of nitrogens with one attached hydrogen (secondary N) is 1. The molecule has 1 unspecified atom stereocenters. The SMILES string of the molecule is CN(C)C(=O)NCC1(O)CCSC1. The minimum atomic E-state index is -0.684. The molecule has 1 saturated heterocycles. The summed E-state index contributed by atoms with van der Waals surface area (Å²) >= 11 is 1.73. The summed E-state index contributed by atoms with van der Waals surface area (Å²) in [4.78, 5) is 12.6. The van der Waals surface area contributed by atoms with Crippen molar-refractivity contribution in [3.8, 4) is 0 Å². The lowest BCUT2D eigenvalue weighted by Crippen LogP contribution is -2.46. The lowest BCUT2D eigenvalue weighted by atomic mass is 10.0. The van der Waals surface area contributed by atoms with E-state index < -0.39 is 5.60 Å². The van der Waals surface area contributed by atoms with E-state index in [-0.39, 0.29) is 6.03 Å². The van der Waals surface area contributed by atoms with Crippen molar-refractivity contribution >= 4 is 17.8 Å². The third-order valence-corrected chi connectivity index (χ3v) is 3.29. The highest BCUT2D eigenvalue weighted by molar-refractivity contribution is 7.99. The number of thioether (sulfide) groups is 1. The second kappa shape index (κ2) is 4.19. The topological polar surface area (TPSA) is 52.6 Å². The monoisotopic (exact) mass is 204 g/mol. The predicted octanol–water partition coefficient (Wildman–Crippen LogP) is 0.126. The Morgan fingerprint density at radius 3 is 2.85 bits per heavy atom. The smallest absolute Gasteiger partial charge is 0.316 e. The third-order valence-electron chi connectivity index (χ3n) is 2.06. The molecule has 1 aliphatic rings. The molecule has 0 saturated carbocycles. The first-order valence-electron chi connectivity index (χ1n) is 4.29. The van der Waals surface area contributed by atoms with Gasteiger partial charge in [0.25, 0.3) is 0 Å². The van der Waals surface area contributed by atoms with Crippen molar-refractivity contribution in [3.63, 3.8) is 0 Å². The summed E-state index contributed by atoms with van der Waals surface area (Å²) in [6, 6.07) is -0.148. The first-order chi connectivity index (χ1) is 6.03. The Balaban J connectivity index is 2.29. The van der Waals surface area contributed by atoms with E-state index in [1.54, 1.807) is 25.9 Å². The fourth-order valence-electron chi connectivity index (χ4n) is 1.13. The molecule has 0 aromatic carbocycles. The van der Waals surface area contributed by atoms with Crippen molar-refractivity contribution in [1.82, 2.24) is 10.2 Å². The molecule has 0 radical (unpaired) electrons. The molecule has 1 fully saturated rings. The van der Waals surface area contributed by atoms with Crippen LogP contribution in [-0.2, 0) is 0 Å². The van der Waals surface area contributed by atoms with Gasteiger partial charge >= 0.3 is 6.03 Å². The molecule has 76 valence electrons. The Hall–Kier alpha value is -0.420. The summed E-state index contributed by atoms with van der Waals surface area (Å²) in [6.07, 6.45) is 0.769. The molecule has 0 spiro atoms. The fourth-order valence-corrected chi connectivity index (χ4v) is 2.43. The average Bonchev–Trinajstić information content (AvgIpc) is 2.48. The normalized spacial score (nSPS) is 27.3. The van der Waals surface area contributed by atoms with Crippen LogP contribution >= 0.6 is 11.8 Å². The van der Waals surface area contributed by atoms with Crippen molar-refractivity contribution in [2.24, 2.45) is 0 Å². The number of hydrogen-bond donors (Lipinski definition) is 2. The number of rotatable bonds is 2. The van der Waals surface area contributed by atoms with Gasteiger partial charge in [-0.05, 0) is 12.2 Å². The minimum absolute atomic E-state index is 0.148. The zero-order valence-corrected chi connectivity index (χ0v) is 8.86. The van der Waals surface area contributed by atoms with Gasteiger partial charge in [-0.15, -0.1) is 0 Å². The van der Waals surface area contributed by atoms with Crippen LogP contribution in [0.3, 0.4) is 0 Å². The summed E-state index contributed by atoms with van der Waals surface area (Å²) in [5.41, 5.74) is -0.684. The van der Waals surface area contributed by atoms with Crippen LogP contribution < -0.4 is 5.32 Å². The van der Waals surface area contributed by atoms with E-state index >= 15 is 0 Å². The van der Waals surface area contributed by atoms with E-state index in [0.29, 0.717) is 6.54 Å². The van der Waals surface area contributed by atoms with Gasteiger partial charge in [-0.1, -0.05) is 0 Å². The van der Waals surface area contributed by atoms with Gasteiger partial charge in [0, 0.05) is 26.4 Å². The van der Waals surface area contributed by atoms with Crippen molar-refractivity contribution in [2.45, 2.75) is 12.0 Å².